The summed E-state index contributed by atoms with van der Waals surface area (Å²) in [6.07, 6.45) is -1.83. The van der Waals surface area contributed by atoms with Crippen molar-refractivity contribution in [2.75, 3.05) is 16.8 Å². The van der Waals surface area contributed by atoms with Crippen molar-refractivity contribution < 1.29 is 27.8 Å². The monoisotopic (exact) mass is 480 g/mol. The second-order valence-corrected chi connectivity index (χ2v) is 8.42. The number of cyclic esters (lactones) is 1. The molecule has 1 fully saturated rings. The summed E-state index contributed by atoms with van der Waals surface area (Å²) in [5, 5.41) is 13.4. The van der Waals surface area contributed by atoms with Crippen LogP contribution in [0.25, 0.3) is 10.6 Å². The van der Waals surface area contributed by atoms with Crippen LogP contribution in [0.3, 0.4) is 0 Å². The van der Waals surface area contributed by atoms with Crippen molar-refractivity contribution >= 4 is 29.2 Å². The topological polar surface area (TPSA) is 113 Å². The third-order valence-corrected chi connectivity index (χ3v) is 6.17. The molecule has 3 atom stereocenters. The van der Waals surface area contributed by atoms with Gasteiger partial charge in [-0.3, -0.25) is 9.88 Å². The predicted molar refractivity (Wildman–Crippen MR) is 114 cm³/mol. The Bertz CT molecular complexity index is 1160. The maximum absolute atomic E-state index is 12.9. The van der Waals surface area contributed by atoms with Crippen LogP contribution in [0.2, 0.25) is 0 Å². The third kappa shape index (κ3) is 4.88. The lowest BCUT2D eigenvalue weighted by Crippen LogP contribution is -2.41. The fourth-order valence-electron chi connectivity index (χ4n) is 3.21. The highest BCUT2D eigenvalue weighted by Gasteiger charge is 2.38. The summed E-state index contributed by atoms with van der Waals surface area (Å²) in [6.45, 7) is 3.43. The van der Waals surface area contributed by atoms with Gasteiger partial charge in [0, 0.05) is 29.0 Å². The SMILES string of the molecule is C[C@H](Nc1nccc(N2C(=O)OC[C@@H]2[C@@H](C)O)n1)c1cnc(-c2ccnc(C(F)(F)F)c2)s1. The number of carbonyl (C=O) groups excluding carboxylic acids is 1. The smallest absolute Gasteiger partial charge is 0.433 e. The van der Waals surface area contributed by atoms with Crippen LogP contribution < -0.4 is 10.2 Å². The van der Waals surface area contributed by atoms with Crippen LogP contribution in [0.5, 0.6) is 0 Å². The van der Waals surface area contributed by atoms with Gasteiger partial charge < -0.3 is 15.2 Å². The second-order valence-electron chi connectivity index (χ2n) is 7.35. The zero-order valence-electron chi connectivity index (χ0n) is 17.4. The molecule has 9 nitrogen and oxygen atoms in total. The van der Waals surface area contributed by atoms with Crippen LogP contribution >= 0.6 is 11.3 Å². The minimum Gasteiger partial charge on any atom is -0.447 e. The Hall–Kier alpha value is -3.32. The van der Waals surface area contributed by atoms with E-state index in [1.807, 2.05) is 6.92 Å². The molecular weight excluding hydrogens is 461 g/mol. The van der Waals surface area contributed by atoms with Gasteiger partial charge in [-0.15, -0.1) is 11.3 Å². The normalized spacial score (nSPS) is 18.2. The lowest BCUT2D eigenvalue weighted by molar-refractivity contribution is -0.141. The van der Waals surface area contributed by atoms with Gasteiger partial charge in [-0.25, -0.2) is 14.8 Å². The van der Waals surface area contributed by atoms with Gasteiger partial charge in [0.15, 0.2) is 0 Å². The van der Waals surface area contributed by atoms with E-state index in [4.69, 9.17) is 4.74 Å². The number of carbonyl (C=O) groups is 1. The first-order valence-corrected chi connectivity index (χ1v) is 10.7. The number of ether oxygens (including phenoxy) is 1. The van der Waals surface area contributed by atoms with Gasteiger partial charge in [-0.2, -0.15) is 18.2 Å². The number of amides is 1. The fourth-order valence-corrected chi connectivity index (χ4v) is 4.13. The zero-order chi connectivity index (χ0) is 23.8. The Morgan fingerprint density at radius 1 is 1.24 bits per heavy atom. The number of anilines is 2. The van der Waals surface area contributed by atoms with E-state index in [2.05, 4.69) is 25.3 Å². The number of halogens is 3. The Balaban J connectivity index is 1.51. The fraction of sp³-hybridized carbons (Fsp3) is 0.350. The van der Waals surface area contributed by atoms with Gasteiger partial charge in [0.25, 0.3) is 0 Å². The Labute approximate surface area is 190 Å². The summed E-state index contributed by atoms with van der Waals surface area (Å²) < 4.78 is 43.9. The molecule has 0 aromatic carbocycles. The number of rotatable bonds is 6. The van der Waals surface area contributed by atoms with Gasteiger partial charge >= 0.3 is 12.3 Å². The van der Waals surface area contributed by atoms with E-state index < -0.39 is 30.1 Å². The van der Waals surface area contributed by atoms with E-state index >= 15 is 0 Å². The lowest BCUT2D eigenvalue weighted by atomic mass is 10.2. The molecular formula is C20H19F3N6O3S. The van der Waals surface area contributed by atoms with Gasteiger partial charge in [0.05, 0.1) is 12.1 Å². The van der Waals surface area contributed by atoms with E-state index in [1.165, 1.54) is 34.6 Å². The Kier molecular flexibility index (Phi) is 6.17. The van der Waals surface area contributed by atoms with Crippen LogP contribution in [0, 0.1) is 0 Å². The second kappa shape index (κ2) is 8.90. The summed E-state index contributed by atoms with van der Waals surface area (Å²) in [6, 6.07) is 3.07. The molecule has 4 rings (SSSR count). The minimum atomic E-state index is -4.54. The van der Waals surface area contributed by atoms with E-state index in [-0.39, 0.29) is 24.4 Å². The molecule has 1 aliphatic rings. The van der Waals surface area contributed by atoms with E-state index in [0.29, 0.717) is 10.6 Å². The largest absolute Gasteiger partial charge is 0.447 e. The third-order valence-electron chi connectivity index (χ3n) is 4.94. The van der Waals surface area contributed by atoms with Crippen LogP contribution in [-0.4, -0.2) is 49.9 Å². The van der Waals surface area contributed by atoms with Crippen molar-refractivity contribution in [2.24, 2.45) is 0 Å². The number of pyridine rings is 1. The van der Waals surface area contributed by atoms with Crippen molar-refractivity contribution in [3.8, 4) is 10.6 Å². The molecule has 4 heterocycles. The Morgan fingerprint density at radius 3 is 2.73 bits per heavy atom. The number of hydrogen-bond donors (Lipinski definition) is 2. The lowest BCUT2D eigenvalue weighted by Gasteiger charge is -2.23. The van der Waals surface area contributed by atoms with Crippen LogP contribution in [0.4, 0.5) is 29.7 Å². The quantitative estimate of drug-likeness (QED) is 0.546. The first-order valence-electron chi connectivity index (χ1n) is 9.86. The van der Waals surface area contributed by atoms with E-state index in [9.17, 15) is 23.1 Å². The highest BCUT2D eigenvalue weighted by atomic mass is 32.1. The zero-order valence-corrected chi connectivity index (χ0v) is 18.3. The number of alkyl halides is 3. The summed E-state index contributed by atoms with van der Waals surface area (Å²) in [5.41, 5.74) is -0.667. The molecule has 0 saturated carbocycles. The summed E-state index contributed by atoms with van der Waals surface area (Å²) in [5.74, 6) is 0.497. The van der Waals surface area contributed by atoms with Crippen LogP contribution in [0.1, 0.15) is 30.5 Å². The number of aliphatic hydroxyl groups excluding tert-OH is 1. The molecule has 0 bridgehead atoms. The first-order chi connectivity index (χ1) is 15.6. The van der Waals surface area contributed by atoms with Crippen molar-refractivity contribution in [1.29, 1.82) is 0 Å². The van der Waals surface area contributed by atoms with Gasteiger partial charge in [0.2, 0.25) is 5.95 Å². The van der Waals surface area contributed by atoms with E-state index in [1.54, 1.807) is 13.1 Å². The Morgan fingerprint density at radius 2 is 2.00 bits per heavy atom. The molecule has 3 aromatic rings. The van der Waals surface area contributed by atoms with Crippen LogP contribution in [-0.2, 0) is 10.9 Å². The molecule has 2 N–H and O–H groups in total. The highest BCUT2D eigenvalue weighted by molar-refractivity contribution is 7.15. The van der Waals surface area contributed by atoms with Crippen molar-refractivity contribution in [2.45, 2.75) is 38.2 Å². The van der Waals surface area contributed by atoms with Crippen LogP contribution in [0.15, 0.2) is 36.8 Å². The number of aliphatic hydroxyl groups is 1. The minimum absolute atomic E-state index is 0.0500. The van der Waals surface area contributed by atoms with E-state index in [0.717, 1.165) is 17.1 Å². The first kappa shape index (κ1) is 22.9. The summed E-state index contributed by atoms with van der Waals surface area (Å²) >= 11 is 1.22. The molecule has 0 radical (unpaired) electrons. The highest BCUT2D eigenvalue weighted by Crippen LogP contribution is 2.34. The van der Waals surface area contributed by atoms with Gasteiger partial charge in [-0.05, 0) is 32.0 Å². The molecule has 0 aliphatic carbocycles. The average molecular weight is 480 g/mol. The number of hydrogen-bond acceptors (Lipinski definition) is 9. The molecule has 33 heavy (non-hydrogen) atoms. The average Bonchev–Trinajstić information content (AvgIpc) is 3.41. The van der Waals surface area contributed by atoms with Crippen molar-refractivity contribution in [3.63, 3.8) is 0 Å². The summed E-state index contributed by atoms with van der Waals surface area (Å²) in [4.78, 5) is 30.2. The molecule has 3 aromatic heterocycles. The number of thiazole rings is 1. The van der Waals surface area contributed by atoms with Gasteiger partial charge in [-0.1, -0.05) is 0 Å². The number of aromatic nitrogens is 4. The number of nitrogens with zero attached hydrogens (tertiary/aromatic N) is 5. The van der Waals surface area contributed by atoms with Crippen molar-refractivity contribution in [1.82, 2.24) is 19.9 Å². The molecule has 13 heteroatoms. The van der Waals surface area contributed by atoms with Gasteiger partial charge in [0.1, 0.15) is 29.2 Å². The summed E-state index contributed by atoms with van der Waals surface area (Å²) in [7, 11) is 0. The predicted octanol–water partition coefficient (Wildman–Crippen LogP) is 3.89. The number of nitrogens with one attached hydrogen (secondary N) is 1. The molecule has 1 amide bonds. The molecule has 1 aliphatic heterocycles. The maximum atomic E-state index is 12.9. The van der Waals surface area contributed by atoms with Crippen molar-refractivity contribution in [3.05, 3.63) is 47.4 Å². The molecule has 1 saturated heterocycles. The standard InChI is InChI=1S/C20H19F3N6O3S/c1-10(14-8-26-17(33-14)12-3-5-24-15(7-12)20(21,22)23)27-18-25-6-4-16(28-18)29-13(11(2)30)9-32-19(29)31/h3-8,10-11,13,30H,9H2,1-2H3,(H,25,27,28)/t10-,11+,13+/m0/s1. The maximum Gasteiger partial charge on any atom is 0.433 e. The molecule has 174 valence electrons. The molecule has 0 unspecified atom stereocenters. The molecule has 0 spiro atoms.